The summed E-state index contributed by atoms with van der Waals surface area (Å²) in [5.41, 5.74) is 7.74. The van der Waals surface area contributed by atoms with Gasteiger partial charge in [0.15, 0.2) is 10.9 Å². The molecule has 2 aromatic rings. The number of thioether (sulfide) groups is 1. The van der Waals surface area contributed by atoms with E-state index in [1.54, 1.807) is 6.07 Å². The highest BCUT2D eigenvalue weighted by Crippen LogP contribution is 2.57. The standard InChI is InChI=1S/C15H12FN3OS/c16-13-12-10(5-7-18-13)15(6-8-19-14(17)21-15)9-3-1-2-4-11(9)20-12/h1-5,7H,6,8H2,(H2,17,19). The Morgan fingerprint density at radius 3 is 2.95 bits per heavy atom. The van der Waals surface area contributed by atoms with Crippen molar-refractivity contribution in [2.75, 3.05) is 6.54 Å². The number of fused-ring (bicyclic) bond motifs is 4. The second-order valence-electron chi connectivity index (χ2n) is 4.98. The van der Waals surface area contributed by atoms with E-state index in [1.165, 1.54) is 18.0 Å². The van der Waals surface area contributed by atoms with Crippen molar-refractivity contribution in [3.63, 3.8) is 0 Å². The Labute approximate surface area is 125 Å². The van der Waals surface area contributed by atoms with E-state index in [4.69, 9.17) is 10.5 Å². The number of nitrogens with two attached hydrogens (primary N) is 1. The minimum atomic E-state index is -0.594. The number of rotatable bonds is 0. The average Bonchev–Trinajstić information content (AvgIpc) is 2.49. The first kappa shape index (κ1) is 12.6. The predicted molar refractivity (Wildman–Crippen MR) is 80.2 cm³/mol. The van der Waals surface area contributed by atoms with Gasteiger partial charge in [-0.3, -0.25) is 4.99 Å². The van der Waals surface area contributed by atoms with Crippen molar-refractivity contribution >= 4 is 16.9 Å². The molecule has 6 heteroatoms. The van der Waals surface area contributed by atoms with Crippen molar-refractivity contribution < 1.29 is 9.13 Å². The van der Waals surface area contributed by atoms with Gasteiger partial charge in [0.2, 0.25) is 0 Å². The van der Waals surface area contributed by atoms with Crippen molar-refractivity contribution in [2.45, 2.75) is 11.2 Å². The normalized spacial score (nSPS) is 23.0. The van der Waals surface area contributed by atoms with E-state index in [0.717, 1.165) is 17.5 Å². The van der Waals surface area contributed by atoms with Crippen molar-refractivity contribution in [3.8, 4) is 11.5 Å². The van der Waals surface area contributed by atoms with Crippen molar-refractivity contribution in [2.24, 2.45) is 10.7 Å². The maximum Gasteiger partial charge on any atom is 0.256 e. The number of aliphatic imine (C=N–C) groups is 1. The number of hydrogen-bond donors (Lipinski definition) is 1. The number of benzene rings is 1. The van der Waals surface area contributed by atoms with Crippen LogP contribution in [0.25, 0.3) is 0 Å². The highest BCUT2D eigenvalue weighted by atomic mass is 32.2. The van der Waals surface area contributed by atoms with Crippen LogP contribution in [0.5, 0.6) is 11.5 Å². The third-order valence-corrected chi connectivity index (χ3v) is 5.17. The average molecular weight is 301 g/mol. The highest BCUT2D eigenvalue weighted by Gasteiger charge is 2.46. The molecule has 0 saturated heterocycles. The Kier molecular flexibility index (Phi) is 2.68. The van der Waals surface area contributed by atoms with Crippen LogP contribution in [0.3, 0.4) is 0 Å². The number of nitrogens with zero attached hydrogens (tertiary/aromatic N) is 2. The first-order chi connectivity index (χ1) is 10.2. The molecule has 4 nitrogen and oxygen atoms in total. The van der Waals surface area contributed by atoms with Gasteiger partial charge >= 0.3 is 0 Å². The van der Waals surface area contributed by atoms with E-state index in [1.807, 2.05) is 24.3 Å². The van der Waals surface area contributed by atoms with Crippen LogP contribution >= 0.6 is 11.8 Å². The summed E-state index contributed by atoms with van der Waals surface area (Å²) in [6.07, 6.45) is 2.21. The molecule has 1 atom stereocenters. The summed E-state index contributed by atoms with van der Waals surface area (Å²) in [6, 6.07) is 9.48. The van der Waals surface area contributed by atoms with Gasteiger partial charge in [-0.2, -0.15) is 4.39 Å². The molecule has 0 amide bonds. The fourth-order valence-corrected chi connectivity index (χ4v) is 4.20. The minimum absolute atomic E-state index is 0.193. The zero-order valence-electron chi connectivity index (χ0n) is 11.0. The molecular weight excluding hydrogens is 289 g/mol. The van der Waals surface area contributed by atoms with Crippen LogP contribution in [-0.2, 0) is 4.75 Å². The van der Waals surface area contributed by atoms with Gasteiger partial charge in [0.25, 0.3) is 5.95 Å². The van der Waals surface area contributed by atoms with Gasteiger partial charge in [0.05, 0.1) is 4.75 Å². The molecule has 0 bridgehead atoms. The van der Waals surface area contributed by atoms with Crippen LogP contribution in [0.15, 0.2) is 41.5 Å². The lowest BCUT2D eigenvalue weighted by atomic mass is 9.85. The van der Waals surface area contributed by atoms with Gasteiger partial charge in [0, 0.05) is 23.9 Å². The fourth-order valence-electron chi connectivity index (χ4n) is 2.95. The number of pyridine rings is 1. The topological polar surface area (TPSA) is 60.5 Å². The van der Waals surface area contributed by atoms with Crippen LogP contribution < -0.4 is 10.5 Å². The molecule has 4 rings (SSSR count). The van der Waals surface area contributed by atoms with E-state index in [2.05, 4.69) is 9.98 Å². The third kappa shape index (κ3) is 1.75. The van der Waals surface area contributed by atoms with E-state index >= 15 is 0 Å². The Morgan fingerprint density at radius 2 is 2.10 bits per heavy atom. The zero-order valence-corrected chi connectivity index (χ0v) is 11.9. The maximum absolute atomic E-state index is 14.1. The first-order valence-corrected chi connectivity index (χ1v) is 7.44. The molecule has 2 aliphatic rings. The van der Waals surface area contributed by atoms with Crippen LogP contribution in [0.4, 0.5) is 4.39 Å². The van der Waals surface area contributed by atoms with Gasteiger partial charge < -0.3 is 10.5 Å². The third-order valence-electron chi connectivity index (χ3n) is 3.84. The largest absolute Gasteiger partial charge is 0.452 e. The molecule has 0 radical (unpaired) electrons. The number of halogens is 1. The summed E-state index contributed by atoms with van der Waals surface area (Å²) in [4.78, 5) is 7.95. The lowest BCUT2D eigenvalue weighted by molar-refractivity contribution is 0.391. The molecule has 21 heavy (non-hydrogen) atoms. The Bertz CT molecular complexity index is 764. The highest BCUT2D eigenvalue weighted by molar-refractivity contribution is 8.14. The quantitative estimate of drug-likeness (QED) is 0.760. The van der Waals surface area contributed by atoms with Crippen LogP contribution in [0.2, 0.25) is 0 Å². The van der Waals surface area contributed by atoms with E-state index in [0.29, 0.717) is 17.5 Å². The first-order valence-electron chi connectivity index (χ1n) is 6.62. The lowest BCUT2D eigenvalue weighted by Crippen LogP contribution is -2.35. The van der Waals surface area contributed by atoms with Gasteiger partial charge in [0.1, 0.15) is 5.75 Å². The Hall–Kier alpha value is -2.08. The van der Waals surface area contributed by atoms with Crippen LogP contribution in [-0.4, -0.2) is 16.7 Å². The molecule has 1 aromatic heterocycles. The zero-order chi connectivity index (χ0) is 14.4. The Balaban J connectivity index is 2.02. The lowest BCUT2D eigenvalue weighted by Gasteiger charge is -2.40. The van der Waals surface area contributed by atoms with Gasteiger partial charge in [-0.1, -0.05) is 30.0 Å². The monoisotopic (exact) mass is 301 g/mol. The molecular formula is C15H12FN3OS. The van der Waals surface area contributed by atoms with Crippen LogP contribution in [0.1, 0.15) is 17.5 Å². The summed E-state index contributed by atoms with van der Waals surface area (Å²) in [6.45, 7) is 0.608. The summed E-state index contributed by atoms with van der Waals surface area (Å²) >= 11 is 1.46. The van der Waals surface area contributed by atoms with Gasteiger partial charge in [-0.25, -0.2) is 4.98 Å². The smallest absolute Gasteiger partial charge is 0.256 e. The molecule has 106 valence electrons. The van der Waals surface area contributed by atoms with E-state index in [-0.39, 0.29) is 5.75 Å². The summed E-state index contributed by atoms with van der Waals surface area (Å²) in [5.74, 6) is 0.251. The summed E-state index contributed by atoms with van der Waals surface area (Å²) in [7, 11) is 0. The van der Waals surface area contributed by atoms with Crippen molar-refractivity contribution in [1.82, 2.24) is 4.98 Å². The summed E-state index contributed by atoms with van der Waals surface area (Å²) < 4.78 is 19.4. The molecule has 1 unspecified atom stereocenters. The molecule has 2 aliphatic heterocycles. The number of amidine groups is 1. The molecule has 3 heterocycles. The second-order valence-corrected chi connectivity index (χ2v) is 6.30. The molecule has 1 spiro atoms. The van der Waals surface area contributed by atoms with Crippen molar-refractivity contribution in [3.05, 3.63) is 53.6 Å². The summed E-state index contributed by atoms with van der Waals surface area (Å²) in [5, 5.41) is 0.515. The Morgan fingerprint density at radius 1 is 1.24 bits per heavy atom. The van der Waals surface area contributed by atoms with E-state index in [9.17, 15) is 4.39 Å². The minimum Gasteiger partial charge on any atom is -0.452 e. The maximum atomic E-state index is 14.1. The number of aromatic nitrogens is 1. The predicted octanol–water partition coefficient (Wildman–Crippen LogP) is 3.02. The number of ether oxygens (including phenoxy) is 1. The number of para-hydroxylation sites is 1. The molecule has 1 aromatic carbocycles. The SMILES string of the molecule is NC1=NCCC2(S1)c1ccccc1Oc1c2ccnc1F. The molecule has 2 N–H and O–H groups in total. The molecule has 0 fully saturated rings. The second kappa shape index (κ2) is 4.46. The van der Waals surface area contributed by atoms with Gasteiger partial charge in [-0.05, 0) is 18.6 Å². The number of hydrogen-bond acceptors (Lipinski definition) is 5. The van der Waals surface area contributed by atoms with Crippen LogP contribution in [0, 0.1) is 5.95 Å². The molecule has 0 saturated carbocycles. The fraction of sp³-hybridized carbons (Fsp3) is 0.200. The van der Waals surface area contributed by atoms with Crippen molar-refractivity contribution in [1.29, 1.82) is 0 Å². The van der Waals surface area contributed by atoms with E-state index < -0.39 is 10.7 Å². The molecule has 0 aliphatic carbocycles. The van der Waals surface area contributed by atoms with Gasteiger partial charge in [-0.15, -0.1) is 0 Å².